The molecule has 2 aliphatic heterocycles. The van der Waals surface area contributed by atoms with Gasteiger partial charge in [0.25, 0.3) is 5.91 Å². The molecule has 0 unspecified atom stereocenters. The first kappa shape index (κ1) is 15.2. The molecule has 0 saturated carbocycles. The second kappa shape index (κ2) is 5.63. The van der Waals surface area contributed by atoms with Gasteiger partial charge in [0.15, 0.2) is 17.3 Å². The van der Waals surface area contributed by atoms with E-state index in [9.17, 15) is 9.18 Å². The Labute approximate surface area is 139 Å². The van der Waals surface area contributed by atoms with Gasteiger partial charge in [0.2, 0.25) is 0 Å². The Kier molecular flexibility index (Phi) is 3.57. The van der Waals surface area contributed by atoms with E-state index in [0.29, 0.717) is 17.8 Å². The number of nitrogens with two attached hydrogens (primary N) is 1. The summed E-state index contributed by atoms with van der Waals surface area (Å²) in [5, 5.41) is 3.53. The van der Waals surface area contributed by atoms with Crippen LogP contribution >= 0.6 is 0 Å². The molecule has 2 aromatic rings. The van der Waals surface area contributed by atoms with Crippen LogP contribution in [0.3, 0.4) is 0 Å². The number of hydrogen-bond donors (Lipinski definition) is 2. The molecule has 4 rings (SSSR count). The van der Waals surface area contributed by atoms with E-state index in [2.05, 4.69) is 5.32 Å². The molecule has 2 bridgehead atoms. The Hall–Kier alpha value is -2.34. The highest BCUT2D eigenvalue weighted by atomic mass is 19.1. The summed E-state index contributed by atoms with van der Waals surface area (Å²) in [7, 11) is 1.41. The Morgan fingerprint density at radius 3 is 2.88 bits per heavy atom. The second-order valence-corrected chi connectivity index (χ2v) is 6.47. The topological polar surface area (TPSA) is 77.5 Å². The molecule has 1 amide bonds. The van der Waals surface area contributed by atoms with E-state index in [-0.39, 0.29) is 23.0 Å². The van der Waals surface area contributed by atoms with Crippen LogP contribution in [0.15, 0.2) is 28.7 Å². The van der Waals surface area contributed by atoms with E-state index < -0.39 is 11.7 Å². The maximum atomic E-state index is 14.5. The molecule has 2 fully saturated rings. The van der Waals surface area contributed by atoms with Crippen molar-refractivity contribution in [2.24, 2.45) is 5.73 Å². The number of amides is 1. The lowest BCUT2D eigenvalue weighted by molar-refractivity contribution is 0.0972. The van der Waals surface area contributed by atoms with E-state index in [4.69, 9.17) is 14.9 Å². The second-order valence-electron chi connectivity index (χ2n) is 6.47. The Bertz CT molecular complexity index is 802. The number of benzene rings is 1. The molecule has 1 aromatic heterocycles. The fourth-order valence-electron chi connectivity index (χ4n) is 4.03. The third-order valence-electron chi connectivity index (χ3n) is 5.13. The average molecular weight is 330 g/mol. The lowest BCUT2D eigenvalue weighted by Gasteiger charge is -2.19. The summed E-state index contributed by atoms with van der Waals surface area (Å²) in [5.74, 6) is -0.389. The number of carbonyl (C=O) groups is 1. The number of rotatable bonds is 4. The van der Waals surface area contributed by atoms with E-state index in [1.54, 1.807) is 18.2 Å². The highest BCUT2D eigenvalue weighted by Crippen LogP contribution is 2.43. The van der Waals surface area contributed by atoms with Gasteiger partial charge in [0.05, 0.1) is 12.7 Å². The van der Waals surface area contributed by atoms with E-state index in [1.165, 1.54) is 13.2 Å². The summed E-state index contributed by atoms with van der Waals surface area (Å²) in [4.78, 5) is 11.8. The predicted molar refractivity (Wildman–Crippen MR) is 86.5 cm³/mol. The average Bonchev–Trinajstić information content (AvgIpc) is 3.29. The van der Waals surface area contributed by atoms with E-state index in [1.807, 2.05) is 0 Å². The zero-order valence-electron chi connectivity index (χ0n) is 13.3. The highest BCUT2D eigenvalue weighted by molar-refractivity contribution is 5.92. The molecule has 126 valence electrons. The molecule has 6 heteroatoms. The lowest BCUT2D eigenvalue weighted by atomic mass is 9.83. The summed E-state index contributed by atoms with van der Waals surface area (Å²) in [6.07, 6.45) is 3.17. The molecule has 0 radical (unpaired) electrons. The van der Waals surface area contributed by atoms with Crippen LogP contribution in [0, 0.1) is 5.82 Å². The zero-order valence-corrected chi connectivity index (χ0v) is 13.3. The molecule has 1 aromatic carbocycles. The van der Waals surface area contributed by atoms with Crippen molar-refractivity contribution in [2.45, 2.75) is 37.3 Å². The van der Waals surface area contributed by atoms with Crippen molar-refractivity contribution >= 4 is 5.91 Å². The molecular weight excluding hydrogens is 311 g/mol. The smallest absolute Gasteiger partial charge is 0.284 e. The lowest BCUT2D eigenvalue weighted by Crippen LogP contribution is -2.23. The van der Waals surface area contributed by atoms with Gasteiger partial charge in [-0.05, 0) is 37.5 Å². The molecule has 0 spiro atoms. The van der Waals surface area contributed by atoms with Gasteiger partial charge in [-0.15, -0.1) is 0 Å². The van der Waals surface area contributed by atoms with Crippen LogP contribution in [0.1, 0.15) is 41.3 Å². The third-order valence-corrected chi connectivity index (χ3v) is 5.13. The number of hydrogen-bond acceptors (Lipinski definition) is 4. The van der Waals surface area contributed by atoms with Gasteiger partial charge in [0, 0.05) is 23.6 Å². The number of methoxy groups -OCH3 is 1. The van der Waals surface area contributed by atoms with Crippen molar-refractivity contribution in [3.8, 4) is 17.1 Å². The quantitative estimate of drug-likeness (QED) is 0.904. The molecule has 3 atom stereocenters. The highest BCUT2D eigenvalue weighted by Gasteiger charge is 2.42. The minimum atomic E-state index is -0.623. The number of nitrogens with one attached hydrogen (secondary N) is 1. The van der Waals surface area contributed by atoms with Crippen LogP contribution in [0.4, 0.5) is 4.39 Å². The molecule has 0 aliphatic carbocycles. The first-order valence-corrected chi connectivity index (χ1v) is 8.11. The number of primary amides is 1. The van der Waals surface area contributed by atoms with Crippen molar-refractivity contribution in [3.05, 3.63) is 41.4 Å². The predicted octanol–water partition coefficient (Wildman–Crippen LogP) is 2.80. The summed E-state index contributed by atoms with van der Waals surface area (Å²) in [5.41, 5.74) is 6.53. The van der Waals surface area contributed by atoms with Gasteiger partial charge in [-0.2, -0.15) is 0 Å². The van der Waals surface area contributed by atoms with Crippen LogP contribution in [0.25, 0.3) is 11.3 Å². The van der Waals surface area contributed by atoms with Gasteiger partial charge < -0.3 is 20.2 Å². The summed E-state index contributed by atoms with van der Waals surface area (Å²) in [6.45, 7) is 0. The number of ether oxygens (including phenoxy) is 1. The molecule has 3 N–H and O–H groups in total. The Morgan fingerprint density at radius 1 is 1.42 bits per heavy atom. The molecule has 5 nitrogen and oxygen atoms in total. The van der Waals surface area contributed by atoms with Crippen molar-refractivity contribution in [2.75, 3.05) is 7.11 Å². The summed E-state index contributed by atoms with van der Waals surface area (Å²) >= 11 is 0. The normalized spacial score (nSPS) is 25.2. The van der Waals surface area contributed by atoms with Crippen LogP contribution in [0.2, 0.25) is 0 Å². The molecule has 2 saturated heterocycles. The maximum Gasteiger partial charge on any atom is 0.284 e. The Balaban J connectivity index is 1.78. The van der Waals surface area contributed by atoms with Crippen molar-refractivity contribution in [1.82, 2.24) is 5.32 Å². The van der Waals surface area contributed by atoms with Crippen LogP contribution in [0.5, 0.6) is 5.75 Å². The minimum Gasteiger partial charge on any atom is -0.494 e. The van der Waals surface area contributed by atoms with Crippen LogP contribution < -0.4 is 15.8 Å². The maximum absolute atomic E-state index is 14.5. The van der Waals surface area contributed by atoms with Crippen LogP contribution in [-0.2, 0) is 0 Å². The van der Waals surface area contributed by atoms with Gasteiger partial charge >= 0.3 is 0 Å². The SMILES string of the molecule is COc1cccc(-c2cc([C@H]3C[C@H]4CC[C@@H]3N4)c(C(N)=O)o2)c1F. The summed E-state index contributed by atoms with van der Waals surface area (Å²) < 4.78 is 25.2. The third kappa shape index (κ3) is 2.29. The largest absolute Gasteiger partial charge is 0.494 e. The monoisotopic (exact) mass is 330 g/mol. The number of furan rings is 1. The summed E-state index contributed by atoms with van der Waals surface area (Å²) in [6, 6.07) is 7.39. The van der Waals surface area contributed by atoms with Crippen LogP contribution in [-0.4, -0.2) is 25.1 Å². The standard InChI is InChI=1S/C18H19FN2O3/c1-23-14-4-2-3-10(16(14)19)15-8-12(17(24-15)18(20)22)11-7-9-5-6-13(11)21-9/h2-4,8-9,11,13,21H,5-7H2,1H3,(H2,20,22)/t9-,11-,13+/m1/s1. The molecular formula is C18H19FN2O3. The number of carbonyl (C=O) groups excluding carboxylic acids is 1. The molecule has 24 heavy (non-hydrogen) atoms. The van der Waals surface area contributed by atoms with Crippen molar-refractivity contribution < 1.29 is 18.3 Å². The Morgan fingerprint density at radius 2 is 2.25 bits per heavy atom. The first-order chi connectivity index (χ1) is 11.6. The fraction of sp³-hybridized carbons (Fsp3) is 0.389. The number of fused-ring (bicyclic) bond motifs is 2. The molecule has 2 aliphatic rings. The van der Waals surface area contributed by atoms with Gasteiger partial charge in [0.1, 0.15) is 5.76 Å². The fourth-order valence-corrected chi connectivity index (χ4v) is 4.03. The number of halogens is 1. The van der Waals surface area contributed by atoms with Crippen molar-refractivity contribution in [3.63, 3.8) is 0 Å². The van der Waals surface area contributed by atoms with E-state index >= 15 is 0 Å². The van der Waals surface area contributed by atoms with Crippen molar-refractivity contribution in [1.29, 1.82) is 0 Å². The van der Waals surface area contributed by atoms with E-state index in [0.717, 1.165) is 24.8 Å². The zero-order chi connectivity index (χ0) is 16.8. The van der Waals surface area contributed by atoms with Gasteiger partial charge in [-0.3, -0.25) is 4.79 Å². The molecule has 3 heterocycles. The van der Waals surface area contributed by atoms with Gasteiger partial charge in [-0.1, -0.05) is 6.07 Å². The first-order valence-electron chi connectivity index (χ1n) is 8.11. The minimum absolute atomic E-state index is 0.131. The van der Waals surface area contributed by atoms with Gasteiger partial charge in [-0.25, -0.2) is 4.39 Å².